The zero-order valence-corrected chi connectivity index (χ0v) is 19.9. The van der Waals surface area contributed by atoms with Crippen molar-refractivity contribution in [3.63, 3.8) is 0 Å². The first-order valence-electron chi connectivity index (χ1n) is 11.2. The van der Waals surface area contributed by atoms with Crippen molar-refractivity contribution in [2.45, 2.75) is 23.9 Å². The van der Waals surface area contributed by atoms with Gasteiger partial charge in [-0.15, -0.1) is 11.8 Å². The Morgan fingerprint density at radius 2 is 1.74 bits per heavy atom. The Morgan fingerprint density at radius 1 is 1.03 bits per heavy atom. The molecule has 0 aromatic heterocycles. The minimum Gasteiger partial charge on any atom is -0.478 e. The molecule has 0 bridgehead atoms. The number of hydrogen-bond acceptors (Lipinski definition) is 5. The maximum Gasteiger partial charge on any atom is 0.416 e. The molecule has 0 unspecified atom stereocenters. The molecule has 0 aliphatic carbocycles. The van der Waals surface area contributed by atoms with Crippen molar-refractivity contribution in [1.82, 2.24) is 4.90 Å². The Bertz CT molecular complexity index is 1070. The van der Waals surface area contributed by atoms with Gasteiger partial charge in [0, 0.05) is 54.5 Å². The van der Waals surface area contributed by atoms with Gasteiger partial charge in [0.2, 0.25) is 5.91 Å². The van der Waals surface area contributed by atoms with Crippen molar-refractivity contribution in [2.24, 2.45) is 5.73 Å². The van der Waals surface area contributed by atoms with Gasteiger partial charge in [0.15, 0.2) is 0 Å². The SMILES string of the molecule is NC(=O)CCCN1CCN(c2cccc(C(F)(F)F)c2)CC1.O=C(O)C1=Cc2ccccc2SC1. The standard InChI is InChI=1S/C15H20F3N3O.C10H8O2S/c16-15(17,18)12-3-1-4-13(11-12)21-9-7-20(8-10-21)6-2-5-14(19)22;11-10(12)8-5-7-3-1-2-4-9(7)13-6-8/h1,3-4,11H,2,5-10H2,(H2,19,22);1-5H,6H2,(H,11,12). The fourth-order valence-corrected chi connectivity index (χ4v) is 4.81. The Kier molecular flexibility index (Phi) is 9.22. The largest absolute Gasteiger partial charge is 0.478 e. The molecule has 2 aliphatic heterocycles. The van der Waals surface area contributed by atoms with Crippen molar-refractivity contribution in [1.29, 1.82) is 0 Å². The Morgan fingerprint density at radius 3 is 2.40 bits per heavy atom. The molecule has 2 aromatic carbocycles. The lowest BCUT2D eigenvalue weighted by Gasteiger charge is -2.36. The lowest BCUT2D eigenvalue weighted by atomic mass is 10.1. The summed E-state index contributed by atoms with van der Waals surface area (Å²) in [5.41, 5.74) is 6.57. The summed E-state index contributed by atoms with van der Waals surface area (Å²) in [6.07, 6.45) is -1.48. The smallest absolute Gasteiger partial charge is 0.416 e. The minimum atomic E-state index is -4.31. The first-order chi connectivity index (χ1) is 16.6. The van der Waals surface area contributed by atoms with Crippen LogP contribution in [0.25, 0.3) is 6.08 Å². The number of fused-ring (bicyclic) bond motifs is 1. The Balaban J connectivity index is 0.000000223. The monoisotopic (exact) mass is 507 g/mol. The molecule has 1 amide bonds. The van der Waals surface area contributed by atoms with Crippen LogP contribution in [0.4, 0.5) is 18.9 Å². The number of benzene rings is 2. The van der Waals surface area contributed by atoms with Crippen LogP contribution in [0.15, 0.2) is 59.0 Å². The van der Waals surface area contributed by atoms with Crippen LogP contribution in [0.5, 0.6) is 0 Å². The van der Waals surface area contributed by atoms with E-state index in [-0.39, 0.29) is 5.91 Å². The predicted octanol–water partition coefficient (Wildman–Crippen LogP) is 4.35. The third-order valence-corrected chi connectivity index (χ3v) is 6.85. The fourth-order valence-electron chi connectivity index (χ4n) is 3.83. The number of alkyl halides is 3. The second kappa shape index (κ2) is 12.1. The number of carbonyl (C=O) groups excluding carboxylic acids is 1. The normalized spacial score (nSPS) is 16.0. The number of primary amides is 1. The van der Waals surface area contributed by atoms with Gasteiger partial charge in [-0.2, -0.15) is 13.2 Å². The summed E-state index contributed by atoms with van der Waals surface area (Å²) in [6.45, 7) is 3.69. The molecule has 0 spiro atoms. The van der Waals surface area contributed by atoms with E-state index in [0.29, 0.717) is 36.5 Å². The number of nitrogens with two attached hydrogens (primary N) is 1. The van der Waals surface area contributed by atoms with Gasteiger partial charge in [0.05, 0.1) is 5.56 Å². The quantitative estimate of drug-likeness (QED) is 0.605. The number of rotatable bonds is 6. The summed E-state index contributed by atoms with van der Waals surface area (Å²) in [7, 11) is 0. The molecule has 0 atom stereocenters. The maximum atomic E-state index is 12.7. The van der Waals surface area contributed by atoms with E-state index in [2.05, 4.69) is 4.90 Å². The maximum absolute atomic E-state index is 12.7. The van der Waals surface area contributed by atoms with Crippen LogP contribution in [0.1, 0.15) is 24.0 Å². The number of halogens is 3. The zero-order chi connectivity index (χ0) is 25.4. The lowest BCUT2D eigenvalue weighted by Crippen LogP contribution is -2.46. The fraction of sp³-hybridized carbons (Fsp3) is 0.360. The molecule has 188 valence electrons. The van der Waals surface area contributed by atoms with Crippen LogP contribution in [0.2, 0.25) is 0 Å². The van der Waals surface area contributed by atoms with Crippen LogP contribution in [-0.4, -0.2) is 60.4 Å². The molecule has 1 fully saturated rings. The summed E-state index contributed by atoms with van der Waals surface area (Å²) >= 11 is 1.58. The van der Waals surface area contributed by atoms with Crippen molar-refractivity contribution in [3.05, 3.63) is 65.2 Å². The third kappa shape index (κ3) is 8.03. The van der Waals surface area contributed by atoms with Gasteiger partial charge < -0.3 is 15.7 Å². The molecule has 6 nitrogen and oxygen atoms in total. The highest BCUT2D eigenvalue weighted by Gasteiger charge is 2.31. The molecule has 35 heavy (non-hydrogen) atoms. The number of amides is 1. The third-order valence-electron chi connectivity index (χ3n) is 5.72. The van der Waals surface area contributed by atoms with E-state index in [4.69, 9.17) is 10.8 Å². The van der Waals surface area contributed by atoms with Crippen molar-refractivity contribution >= 4 is 35.4 Å². The zero-order valence-electron chi connectivity index (χ0n) is 19.1. The molecule has 2 aliphatic rings. The van der Waals surface area contributed by atoms with Gasteiger partial charge in [-0.1, -0.05) is 24.3 Å². The average Bonchev–Trinajstić information content (AvgIpc) is 2.84. The van der Waals surface area contributed by atoms with Crippen molar-refractivity contribution in [3.8, 4) is 0 Å². The van der Waals surface area contributed by atoms with E-state index in [1.54, 1.807) is 23.9 Å². The van der Waals surface area contributed by atoms with Gasteiger partial charge in [0.25, 0.3) is 0 Å². The second-order valence-electron chi connectivity index (χ2n) is 8.25. The van der Waals surface area contributed by atoms with Crippen LogP contribution < -0.4 is 10.6 Å². The summed E-state index contributed by atoms with van der Waals surface area (Å²) in [5, 5.41) is 8.78. The second-order valence-corrected chi connectivity index (χ2v) is 9.27. The van der Waals surface area contributed by atoms with Gasteiger partial charge >= 0.3 is 12.1 Å². The number of carbonyl (C=O) groups is 2. The molecule has 4 rings (SSSR count). The first-order valence-corrected chi connectivity index (χ1v) is 12.2. The van der Waals surface area contributed by atoms with Gasteiger partial charge in [-0.05, 0) is 48.9 Å². The topological polar surface area (TPSA) is 86.9 Å². The number of carboxylic acids is 1. The number of nitrogens with zero attached hydrogens (tertiary/aromatic N) is 2. The number of thioether (sulfide) groups is 1. The molecule has 2 heterocycles. The molecule has 10 heteroatoms. The summed E-state index contributed by atoms with van der Waals surface area (Å²) in [5.74, 6) is -0.559. The van der Waals surface area contributed by atoms with Gasteiger partial charge in [0.1, 0.15) is 0 Å². The van der Waals surface area contributed by atoms with Gasteiger partial charge in [-0.25, -0.2) is 4.79 Å². The number of aliphatic carboxylic acids is 1. The Labute approximate surface area is 206 Å². The first kappa shape index (κ1) is 26.6. The summed E-state index contributed by atoms with van der Waals surface area (Å²) in [6, 6.07) is 13.3. The van der Waals surface area contributed by atoms with Crippen LogP contribution in [-0.2, 0) is 15.8 Å². The molecule has 2 aromatic rings. The molecular formula is C25H28F3N3O3S. The predicted molar refractivity (Wildman–Crippen MR) is 131 cm³/mol. The molecule has 0 saturated carbocycles. The molecule has 0 radical (unpaired) electrons. The van der Waals surface area contributed by atoms with Crippen LogP contribution >= 0.6 is 11.8 Å². The van der Waals surface area contributed by atoms with Gasteiger partial charge in [-0.3, -0.25) is 9.69 Å². The van der Waals surface area contributed by atoms with Crippen molar-refractivity contribution in [2.75, 3.05) is 43.4 Å². The Hall–Kier alpha value is -2.98. The van der Waals surface area contributed by atoms with Crippen LogP contribution in [0, 0.1) is 0 Å². The van der Waals surface area contributed by atoms with E-state index < -0.39 is 17.7 Å². The number of piperazine rings is 1. The summed E-state index contributed by atoms with van der Waals surface area (Å²) in [4.78, 5) is 26.7. The van der Waals surface area contributed by atoms with E-state index >= 15 is 0 Å². The van der Waals surface area contributed by atoms with Crippen molar-refractivity contribution < 1.29 is 27.9 Å². The highest BCUT2D eigenvalue weighted by Crippen LogP contribution is 2.32. The molecule has 3 N–H and O–H groups in total. The van der Waals surface area contributed by atoms with E-state index in [9.17, 15) is 22.8 Å². The van der Waals surface area contributed by atoms with E-state index in [1.807, 2.05) is 29.2 Å². The van der Waals surface area contributed by atoms with E-state index in [1.165, 1.54) is 12.1 Å². The average molecular weight is 508 g/mol. The highest BCUT2D eigenvalue weighted by atomic mass is 32.2. The number of anilines is 1. The molecule has 1 saturated heterocycles. The van der Waals surface area contributed by atoms with Crippen LogP contribution in [0.3, 0.4) is 0 Å². The summed E-state index contributed by atoms with van der Waals surface area (Å²) < 4.78 is 38.2. The minimum absolute atomic E-state index is 0.303. The lowest BCUT2D eigenvalue weighted by molar-refractivity contribution is -0.137. The highest BCUT2D eigenvalue weighted by molar-refractivity contribution is 7.99. The number of hydrogen-bond donors (Lipinski definition) is 2. The van der Waals surface area contributed by atoms with E-state index in [0.717, 1.165) is 42.6 Å². The molecular weight excluding hydrogens is 479 g/mol. The number of carboxylic acid groups (broad SMARTS) is 1.